The number of rotatable bonds is 4. The Bertz CT molecular complexity index is 472. The highest BCUT2D eigenvalue weighted by atomic mass is 19.1. The summed E-state index contributed by atoms with van der Waals surface area (Å²) >= 11 is 0. The summed E-state index contributed by atoms with van der Waals surface area (Å²) in [6.07, 6.45) is 0. The van der Waals surface area contributed by atoms with Crippen molar-refractivity contribution < 1.29 is 23.5 Å². The lowest BCUT2D eigenvalue weighted by atomic mass is 10.1. The van der Waals surface area contributed by atoms with Crippen LogP contribution in [0.15, 0.2) is 18.2 Å². The number of carboxylic acids is 1. The maximum absolute atomic E-state index is 13.3. The van der Waals surface area contributed by atoms with Crippen molar-refractivity contribution in [1.82, 2.24) is 5.32 Å². The second-order valence-corrected chi connectivity index (χ2v) is 4.26. The van der Waals surface area contributed by atoms with E-state index in [4.69, 9.17) is 5.11 Å². The fraction of sp³-hybridized carbons (Fsp3) is 0.333. The molecule has 3 N–H and O–H groups in total. The normalized spacial score (nSPS) is 12.1. The molecule has 2 amide bonds. The van der Waals surface area contributed by atoms with Crippen LogP contribution in [0.2, 0.25) is 0 Å². The van der Waals surface area contributed by atoms with Crippen LogP contribution < -0.4 is 10.6 Å². The number of anilines is 1. The zero-order chi connectivity index (χ0) is 14.6. The zero-order valence-corrected chi connectivity index (χ0v) is 10.4. The number of benzene rings is 1. The molecule has 0 aliphatic heterocycles. The molecule has 0 radical (unpaired) electrons. The van der Waals surface area contributed by atoms with Gasteiger partial charge in [-0.2, -0.15) is 0 Å². The average Bonchev–Trinajstić information content (AvgIpc) is 2.30. The third-order valence-electron chi connectivity index (χ3n) is 2.42. The standard InChI is InChI=1S/C12H14F2N2O3/c1-6(2)9(11(17)18)15-12(19)16-10-7(13)4-3-5-8(10)14/h3-6,9H,1-2H3,(H,17,18)(H2,15,16,19)/t9-/m1/s1. The van der Waals surface area contributed by atoms with Gasteiger partial charge in [-0.15, -0.1) is 0 Å². The van der Waals surface area contributed by atoms with Crippen LogP contribution in [0.5, 0.6) is 0 Å². The van der Waals surface area contributed by atoms with Crippen LogP contribution >= 0.6 is 0 Å². The third kappa shape index (κ3) is 3.90. The van der Waals surface area contributed by atoms with Crippen molar-refractivity contribution in [3.05, 3.63) is 29.8 Å². The van der Waals surface area contributed by atoms with Gasteiger partial charge in [0.15, 0.2) is 0 Å². The Balaban J connectivity index is 2.78. The van der Waals surface area contributed by atoms with Crippen molar-refractivity contribution >= 4 is 17.7 Å². The number of nitrogens with one attached hydrogen (secondary N) is 2. The predicted molar refractivity (Wildman–Crippen MR) is 64.8 cm³/mol. The first kappa shape index (κ1) is 14.9. The van der Waals surface area contributed by atoms with E-state index in [-0.39, 0.29) is 5.92 Å². The monoisotopic (exact) mass is 272 g/mol. The second-order valence-electron chi connectivity index (χ2n) is 4.26. The Morgan fingerprint density at radius 2 is 1.74 bits per heavy atom. The molecule has 0 bridgehead atoms. The van der Waals surface area contributed by atoms with Crippen LogP contribution in [0.1, 0.15) is 13.8 Å². The van der Waals surface area contributed by atoms with Crippen LogP contribution in [0.3, 0.4) is 0 Å². The van der Waals surface area contributed by atoms with Gasteiger partial charge in [0.2, 0.25) is 0 Å². The molecule has 5 nitrogen and oxygen atoms in total. The van der Waals surface area contributed by atoms with Gasteiger partial charge in [0.05, 0.1) is 0 Å². The lowest BCUT2D eigenvalue weighted by molar-refractivity contribution is -0.140. The highest BCUT2D eigenvalue weighted by Crippen LogP contribution is 2.17. The number of halogens is 2. The van der Waals surface area contributed by atoms with Gasteiger partial charge in [-0.1, -0.05) is 19.9 Å². The molecular formula is C12H14F2N2O3. The number of amides is 2. The van der Waals surface area contributed by atoms with Crippen LogP contribution in [-0.2, 0) is 4.79 Å². The number of para-hydroxylation sites is 1. The van der Waals surface area contributed by atoms with Gasteiger partial charge in [0.25, 0.3) is 0 Å². The van der Waals surface area contributed by atoms with Gasteiger partial charge < -0.3 is 15.7 Å². The lowest BCUT2D eigenvalue weighted by Gasteiger charge is -2.18. The van der Waals surface area contributed by atoms with Gasteiger partial charge in [0, 0.05) is 0 Å². The first-order valence-corrected chi connectivity index (χ1v) is 5.57. The summed E-state index contributed by atoms with van der Waals surface area (Å²) in [5, 5.41) is 13.0. The van der Waals surface area contributed by atoms with Crippen molar-refractivity contribution in [2.75, 3.05) is 5.32 Å². The molecule has 1 rings (SSSR count). The number of urea groups is 1. The summed E-state index contributed by atoms with van der Waals surface area (Å²) < 4.78 is 26.5. The first-order valence-electron chi connectivity index (χ1n) is 5.57. The molecule has 0 fully saturated rings. The van der Waals surface area contributed by atoms with Gasteiger partial charge in [-0.3, -0.25) is 0 Å². The first-order chi connectivity index (χ1) is 8.82. The maximum atomic E-state index is 13.3. The summed E-state index contributed by atoms with van der Waals surface area (Å²) in [6, 6.07) is 0.994. The minimum Gasteiger partial charge on any atom is -0.480 e. The molecule has 0 aliphatic rings. The zero-order valence-electron chi connectivity index (χ0n) is 10.4. The van der Waals surface area contributed by atoms with E-state index in [1.807, 2.05) is 5.32 Å². The molecule has 1 atom stereocenters. The molecule has 0 aromatic heterocycles. The SMILES string of the molecule is CC(C)[C@@H](NC(=O)Nc1c(F)cccc1F)C(=O)O. The van der Waals surface area contributed by atoms with Crippen LogP contribution in [0, 0.1) is 17.6 Å². The van der Waals surface area contributed by atoms with E-state index in [0.29, 0.717) is 0 Å². The molecule has 0 aliphatic carbocycles. The summed E-state index contributed by atoms with van der Waals surface area (Å²) in [4.78, 5) is 22.4. The van der Waals surface area contributed by atoms with Crippen LogP contribution in [-0.4, -0.2) is 23.1 Å². The number of aliphatic carboxylic acids is 1. The summed E-state index contributed by atoms with van der Waals surface area (Å²) in [6.45, 7) is 3.20. The second kappa shape index (κ2) is 6.12. The van der Waals surface area contributed by atoms with Crippen LogP contribution in [0.4, 0.5) is 19.3 Å². The average molecular weight is 272 g/mol. The molecule has 0 heterocycles. The number of carbonyl (C=O) groups excluding carboxylic acids is 1. The molecule has 0 saturated heterocycles. The number of carboxylic acid groups (broad SMARTS) is 1. The van der Waals surface area contributed by atoms with Crippen molar-refractivity contribution in [3.8, 4) is 0 Å². The van der Waals surface area contributed by atoms with E-state index in [9.17, 15) is 18.4 Å². The van der Waals surface area contributed by atoms with Crippen molar-refractivity contribution in [1.29, 1.82) is 0 Å². The van der Waals surface area contributed by atoms with Crippen molar-refractivity contribution in [3.63, 3.8) is 0 Å². The number of hydrogen-bond acceptors (Lipinski definition) is 2. The fourth-order valence-corrected chi connectivity index (χ4v) is 1.42. The van der Waals surface area contributed by atoms with E-state index in [2.05, 4.69) is 5.32 Å². The summed E-state index contributed by atoms with van der Waals surface area (Å²) in [5.41, 5.74) is -0.618. The van der Waals surface area contributed by atoms with Gasteiger partial charge in [-0.05, 0) is 18.1 Å². The highest BCUT2D eigenvalue weighted by molar-refractivity contribution is 5.92. The fourth-order valence-electron chi connectivity index (χ4n) is 1.42. The quantitative estimate of drug-likeness (QED) is 0.786. The van der Waals surface area contributed by atoms with E-state index < -0.39 is 35.4 Å². The molecule has 7 heteroatoms. The highest BCUT2D eigenvalue weighted by Gasteiger charge is 2.24. The summed E-state index contributed by atoms with van der Waals surface area (Å²) in [7, 11) is 0. The molecule has 0 spiro atoms. The molecule has 1 aromatic carbocycles. The molecule has 19 heavy (non-hydrogen) atoms. The number of carbonyl (C=O) groups is 2. The van der Waals surface area contributed by atoms with E-state index in [0.717, 1.165) is 18.2 Å². The molecule has 1 aromatic rings. The maximum Gasteiger partial charge on any atom is 0.326 e. The molecule has 104 valence electrons. The minimum absolute atomic E-state index is 0.367. The predicted octanol–water partition coefficient (Wildman–Crippen LogP) is 2.20. The molecule has 0 unspecified atom stereocenters. The number of hydrogen-bond donors (Lipinski definition) is 3. The van der Waals surface area contributed by atoms with Gasteiger partial charge in [-0.25, -0.2) is 18.4 Å². The Kier molecular flexibility index (Phi) is 4.80. The van der Waals surface area contributed by atoms with Gasteiger partial charge >= 0.3 is 12.0 Å². The lowest BCUT2D eigenvalue weighted by Crippen LogP contribution is -2.46. The van der Waals surface area contributed by atoms with E-state index >= 15 is 0 Å². The summed E-state index contributed by atoms with van der Waals surface area (Å²) in [5.74, 6) is -3.47. The Labute approximate surface area is 108 Å². The van der Waals surface area contributed by atoms with Crippen molar-refractivity contribution in [2.45, 2.75) is 19.9 Å². The molecule has 0 saturated carbocycles. The third-order valence-corrected chi connectivity index (χ3v) is 2.42. The van der Waals surface area contributed by atoms with Crippen LogP contribution in [0.25, 0.3) is 0 Å². The Morgan fingerprint density at radius 1 is 1.21 bits per heavy atom. The Hall–Kier alpha value is -2.18. The minimum atomic E-state index is -1.22. The molecular weight excluding hydrogens is 258 g/mol. The van der Waals surface area contributed by atoms with Crippen molar-refractivity contribution in [2.24, 2.45) is 5.92 Å². The largest absolute Gasteiger partial charge is 0.480 e. The van der Waals surface area contributed by atoms with E-state index in [1.165, 1.54) is 0 Å². The topological polar surface area (TPSA) is 78.4 Å². The Morgan fingerprint density at radius 3 is 2.16 bits per heavy atom. The smallest absolute Gasteiger partial charge is 0.326 e. The van der Waals surface area contributed by atoms with E-state index in [1.54, 1.807) is 13.8 Å². The van der Waals surface area contributed by atoms with Gasteiger partial charge in [0.1, 0.15) is 23.4 Å².